The second-order valence-corrected chi connectivity index (χ2v) is 20.0. The van der Waals surface area contributed by atoms with Crippen LogP contribution in [0.2, 0.25) is 0 Å². The first kappa shape index (κ1) is 45.7. The van der Waals surface area contributed by atoms with Crippen LogP contribution in [0.4, 0.5) is 39.8 Å². The Morgan fingerprint density at radius 2 is 0.970 bits per heavy atom. The Morgan fingerprint density at radius 1 is 0.470 bits per heavy atom. The van der Waals surface area contributed by atoms with Crippen LogP contribution >= 0.6 is 0 Å². The van der Waals surface area contributed by atoms with Crippen molar-refractivity contribution in [2.45, 2.75) is 56.2 Å². The molecule has 0 fully saturated rings. The zero-order chi connectivity index (χ0) is 47.5. The van der Waals surface area contributed by atoms with E-state index < -0.39 is 30.4 Å². The summed E-state index contributed by atoms with van der Waals surface area (Å²) in [5.41, 5.74) is 6.95. The second kappa shape index (κ2) is 17.2. The first-order valence-electron chi connectivity index (χ1n) is 20.4. The van der Waals surface area contributed by atoms with Crippen molar-refractivity contribution in [2.24, 2.45) is 4.99 Å². The predicted octanol–water partition coefficient (Wildman–Crippen LogP) is 11.3. The van der Waals surface area contributed by atoms with Crippen molar-refractivity contribution in [3.8, 4) is 22.5 Å². The van der Waals surface area contributed by atoms with Gasteiger partial charge in [0.2, 0.25) is 0 Å². The number of nitrogens with zero attached hydrogens (tertiary/aromatic N) is 1. The number of benzene rings is 7. The van der Waals surface area contributed by atoms with Gasteiger partial charge in [-0.1, -0.05) is 54.6 Å². The van der Waals surface area contributed by atoms with Crippen molar-refractivity contribution in [2.75, 3.05) is 16.0 Å². The maximum atomic E-state index is 12.9. The Morgan fingerprint density at radius 3 is 1.52 bits per heavy atom. The number of rotatable bonds is 11. The van der Waals surface area contributed by atoms with Crippen LogP contribution in [0.1, 0.15) is 33.4 Å². The van der Waals surface area contributed by atoms with Gasteiger partial charge < -0.3 is 20.4 Å². The van der Waals surface area contributed by atoms with Gasteiger partial charge in [0, 0.05) is 68.3 Å². The number of para-hydroxylation sites is 2. The van der Waals surface area contributed by atoms with E-state index in [0.29, 0.717) is 78.2 Å². The van der Waals surface area contributed by atoms with E-state index in [1.165, 1.54) is 12.1 Å². The molecule has 0 amide bonds. The molecule has 1 aliphatic heterocycles. The van der Waals surface area contributed by atoms with Crippen molar-refractivity contribution in [3.63, 3.8) is 0 Å². The molecule has 338 valence electrons. The number of hydrogen-bond donors (Lipinski definition) is 6. The standard InChI is InChI=1S/C49H44N4O10S3/c1-27-44(50-33-15-9-7-10-16-33)29(3)48(65(57,58)59)31(5)46(27)52-35-21-23-37-40(25-35)63-41-26-36(22-24-38(41)43(37)39-19-13-14-20-42(39)64(54,55)56)53-47-28(2)45(51-34-17-11-8-12-18-34)30(4)49(32(47)6)66(60,61)62/h7-26,50-52H,1-6H3,(H,54,55,56)(H,57,58,59)(H,60,61,62). The summed E-state index contributed by atoms with van der Waals surface area (Å²) in [5.74, 6) is 0.229. The zero-order valence-corrected chi connectivity index (χ0v) is 38.9. The first-order valence-corrected chi connectivity index (χ1v) is 24.7. The molecular weight excluding hydrogens is 901 g/mol. The van der Waals surface area contributed by atoms with E-state index in [4.69, 9.17) is 9.41 Å². The summed E-state index contributed by atoms with van der Waals surface area (Å²) in [5, 5.41) is 10.7. The van der Waals surface area contributed by atoms with Gasteiger partial charge >= 0.3 is 0 Å². The lowest BCUT2D eigenvalue weighted by Crippen LogP contribution is -2.11. The lowest BCUT2D eigenvalue weighted by Gasteiger charge is -2.23. The van der Waals surface area contributed by atoms with Crippen LogP contribution in [0.15, 0.2) is 145 Å². The minimum atomic E-state index is -4.74. The maximum Gasteiger partial charge on any atom is 0.295 e. The molecule has 6 aromatic carbocycles. The summed E-state index contributed by atoms with van der Waals surface area (Å²) < 4.78 is 115. The van der Waals surface area contributed by atoms with Crippen molar-refractivity contribution < 1.29 is 43.3 Å². The average molecular weight is 945 g/mol. The molecule has 0 unspecified atom stereocenters. The fourth-order valence-electron chi connectivity index (χ4n) is 8.70. The zero-order valence-electron chi connectivity index (χ0n) is 36.4. The van der Waals surface area contributed by atoms with Crippen molar-refractivity contribution in [3.05, 3.63) is 160 Å². The Labute approximate surface area is 382 Å². The van der Waals surface area contributed by atoms with Gasteiger partial charge in [-0.3, -0.25) is 13.7 Å². The quantitative estimate of drug-likeness (QED) is 0.0525. The van der Waals surface area contributed by atoms with Gasteiger partial charge in [0.15, 0.2) is 0 Å². The highest BCUT2D eigenvalue weighted by Gasteiger charge is 2.28. The van der Waals surface area contributed by atoms with E-state index in [1.54, 1.807) is 83.1 Å². The molecule has 17 heteroatoms. The number of fused-ring (bicyclic) bond motifs is 2. The molecule has 1 heterocycles. The lowest BCUT2D eigenvalue weighted by molar-refractivity contribution is 0.479. The van der Waals surface area contributed by atoms with Gasteiger partial charge in [-0.15, -0.1) is 0 Å². The molecule has 0 aromatic heterocycles. The van der Waals surface area contributed by atoms with E-state index in [0.717, 1.165) is 0 Å². The fourth-order valence-corrected chi connectivity index (χ4v) is 11.4. The fraction of sp³-hybridized carbons (Fsp3) is 0.122. The van der Waals surface area contributed by atoms with Crippen molar-refractivity contribution in [1.82, 2.24) is 0 Å². The van der Waals surface area contributed by atoms with Crippen LogP contribution in [-0.4, -0.2) is 38.9 Å². The molecule has 0 spiro atoms. The monoisotopic (exact) mass is 944 g/mol. The number of anilines is 6. The van der Waals surface area contributed by atoms with Gasteiger partial charge in [0.1, 0.15) is 26.0 Å². The SMILES string of the molecule is Cc1c(N=c2ccc3c(-c4ccccc4S(=O)(=O)O)c4ccc(Nc5c(C)c(Nc6ccccc6)c(C)c(S(=O)(=O)O)c5C)cc4oc-3c2)c(C)c(S(=O)(=O)O)c(C)c1Nc1ccccc1. The molecule has 2 aliphatic rings. The summed E-state index contributed by atoms with van der Waals surface area (Å²) in [6.45, 7) is 9.95. The van der Waals surface area contributed by atoms with Crippen LogP contribution in [0.25, 0.3) is 33.4 Å². The molecule has 1 aliphatic carbocycles. The Hall–Kier alpha value is -6.86. The minimum absolute atomic E-state index is 0.176. The Balaban J connectivity index is 1.36. The molecule has 6 aromatic rings. The average Bonchev–Trinajstić information content (AvgIpc) is 3.25. The highest BCUT2D eigenvalue weighted by molar-refractivity contribution is 7.86. The molecule has 66 heavy (non-hydrogen) atoms. The van der Waals surface area contributed by atoms with Gasteiger partial charge in [0.05, 0.1) is 11.0 Å². The molecular formula is C49H44N4O10S3. The summed E-state index contributed by atoms with van der Waals surface area (Å²) in [7, 11) is -14.2. The topological polar surface area (TPSA) is 225 Å². The summed E-state index contributed by atoms with van der Waals surface area (Å²) in [6.07, 6.45) is 0. The van der Waals surface area contributed by atoms with Crippen LogP contribution in [-0.2, 0) is 30.4 Å². The van der Waals surface area contributed by atoms with Gasteiger partial charge in [-0.05, 0) is 130 Å². The first-order chi connectivity index (χ1) is 31.1. The normalized spacial score (nSPS) is 12.5. The van der Waals surface area contributed by atoms with Crippen LogP contribution in [0.5, 0.6) is 0 Å². The highest BCUT2D eigenvalue weighted by Crippen LogP contribution is 2.45. The van der Waals surface area contributed by atoms with E-state index in [-0.39, 0.29) is 48.4 Å². The minimum Gasteiger partial charge on any atom is -0.456 e. The van der Waals surface area contributed by atoms with E-state index in [1.807, 2.05) is 67.6 Å². The highest BCUT2D eigenvalue weighted by atomic mass is 32.2. The van der Waals surface area contributed by atoms with Gasteiger partial charge in [0.25, 0.3) is 30.4 Å². The molecule has 0 saturated heterocycles. The molecule has 0 radical (unpaired) electrons. The maximum absolute atomic E-state index is 12.9. The van der Waals surface area contributed by atoms with Crippen molar-refractivity contribution >= 4 is 81.1 Å². The number of nitrogens with one attached hydrogen (secondary N) is 3. The van der Waals surface area contributed by atoms with Crippen LogP contribution < -0.4 is 21.3 Å². The van der Waals surface area contributed by atoms with E-state index in [2.05, 4.69) is 16.0 Å². The third kappa shape index (κ3) is 8.67. The molecule has 8 rings (SSSR count). The van der Waals surface area contributed by atoms with Crippen LogP contribution in [0, 0.1) is 41.5 Å². The smallest absolute Gasteiger partial charge is 0.295 e. The number of hydrogen-bond acceptors (Lipinski definition) is 11. The van der Waals surface area contributed by atoms with E-state index in [9.17, 15) is 38.9 Å². The largest absolute Gasteiger partial charge is 0.456 e. The van der Waals surface area contributed by atoms with Crippen LogP contribution in [0.3, 0.4) is 0 Å². The molecule has 14 nitrogen and oxygen atoms in total. The summed E-state index contributed by atoms with van der Waals surface area (Å²) >= 11 is 0. The van der Waals surface area contributed by atoms with Gasteiger partial charge in [-0.25, -0.2) is 4.99 Å². The van der Waals surface area contributed by atoms with Crippen molar-refractivity contribution in [1.29, 1.82) is 0 Å². The third-order valence-corrected chi connectivity index (χ3v) is 14.7. The molecule has 0 atom stereocenters. The summed E-state index contributed by atoms with van der Waals surface area (Å²) in [6, 6.07) is 34.3. The molecule has 0 saturated carbocycles. The molecule has 6 N–H and O–H groups in total. The van der Waals surface area contributed by atoms with E-state index >= 15 is 0 Å². The lowest BCUT2D eigenvalue weighted by atomic mass is 9.93. The summed E-state index contributed by atoms with van der Waals surface area (Å²) in [4.78, 5) is 4.00. The second-order valence-electron chi connectivity index (χ2n) is 15.9. The van der Waals surface area contributed by atoms with Gasteiger partial charge in [-0.2, -0.15) is 25.3 Å². The predicted molar refractivity (Wildman–Crippen MR) is 257 cm³/mol. The molecule has 0 bridgehead atoms. The third-order valence-electron chi connectivity index (χ3n) is 11.6. The Bertz CT molecular complexity index is 3650. The Kier molecular flexibility index (Phi) is 11.9.